The maximum Gasteiger partial charge on any atom is 0.335 e. The van der Waals surface area contributed by atoms with E-state index < -0.39 is 5.97 Å². The molecular formula is C16H16N2O4S. The van der Waals surface area contributed by atoms with E-state index in [4.69, 9.17) is 9.84 Å². The highest BCUT2D eigenvalue weighted by molar-refractivity contribution is 7.09. The molecule has 1 saturated heterocycles. The summed E-state index contributed by atoms with van der Waals surface area (Å²) in [4.78, 5) is 30.1. The van der Waals surface area contributed by atoms with Gasteiger partial charge in [0.15, 0.2) is 0 Å². The van der Waals surface area contributed by atoms with Crippen LogP contribution in [0.15, 0.2) is 29.6 Å². The number of carbonyl (C=O) groups excluding carboxylic acids is 1. The van der Waals surface area contributed by atoms with Crippen LogP contribution in [0.4, 0.5) is 0 Å². The number of carboxylic acids is 1. The normalized spacial score (nSPS) is 18.0. The summed E-state index contributed by atoms with van der Waals surface area (Å²) >= 11 is 1.50. The lowest BCUT2D eigenvalue weighted by atomic mass is 10.1. The maximum absolute atomic E-state index is 12.8. The van der Waals surface area contributed by atoms with Crippen LogP contribution in [0.2, 0.25) is 0 Å². The van der Waals surface area contributed by atoms with Gasteiger partial charge in [0.1, 0.15) is 11.0 Å². The number of carbonyl (C=O) groups is 2. The number of morpholine rings is 1. The number of rotatable bonds is 3. The Morgan fingerprint density at radius 1 is 1.39 bits per heavy atom. The molecule has 1 N–H and O–H groups in total. The van der Waals surface area contributed by atoms with E-state index in [0.717, 1.165) is 10.7 Å². The lowest BCUT2D eigenvalue weighted by Gasteiger charge is -2.34. The minimum absolute atomic E-state index is 0.103. The molecule has 0 spiro atoms. The third-order valence-electron chi connectivity index (χ3n) is 3.67. The molecule has 2 heterocycles. The van der Waals surface area contributed by atoms with Gasteiger partial charge in [0.2, 0.25) is 0 Å². The zero-order valence-electron chi connectivity index (χ0n) is 12.6. The number of benzene rings is 1. The van der Waals surface area contributed by atoms with Gasteiger partial charge in [0.25, 0.3) is 5.91 Å². The SMILES string of the molecule is Cc1csc(C2COCCN2C(=O)c2cccc(C(=O)O)c2)n1. The molecule has 1 aromatic carbocycles. The molecule has 2 aromatic rings. The van der Waals surface area contributed by atoms with E-state index in [0.29, 0.717) is 25.3 Å². The predicted molar refractivity (Wildman–Crippen MR) is 84.8 cm³/mol. The lowest BCUT2D eigenvalue weighted by molar-refractivity contribution is -0.00277. The van der Waals surface area contributed by atoms with E-state index >= 15 is 0 Å². The smallest absolute Gasteiger partial charge is 0.335 e. The number of thiazole rings is 1. The highest BCUT2D eigenvalue weighted by atomic mass is 32.1. The molecule has 1 atom stereocenters. The lowest BCUT2D eigenvalue weighted by Crippen LogP contribution is -2.43. The van der Waals surface area contributed by atoms with Gasteiger partial charge in [-0.1, -0.05) is 6.07 Å². The summed E-state index contributed by atoms with van der Waals surface area (Å²) in [6, 6.07) is 5.86. The van der Waals surface area contributed by atoms with Crippen molar-refractivity contribution >= 4 is 23.2 Å². The van der Waals surface area contributed by atoms with Gasteiger partial charge in [0.05, 0.1) is 18.8 Å². The summed E-state index contributed by atoms with van der Waals surface area (Å²) in [5, 5.41) is 11.9. The van der Waals surface area contributed by atoms with Crippen molar-refractivity contribution < 1.29 is 19.4 Å². The van der Waals surface area contributed by atoms with Crippen LogP contribution < -0.4 is 0 Å². The van der Waals surface area contributed by atoms with Crippen LogP contribution in [0.3, 0.4) is 0 Å². The summed E-state index contributed by atoms with van der Waals surface area (Å²) in [5.41, 5.74) is 1.38. The van der Waals surface area contributed by atoms with Crippen molar-refractivity contribution in [3.05, 3.63) is 51.5 Å². The summed E-state index contributed by atoms with van der Waals surface area (Å²) in [5.74, 6) is -1.25. The van der Waals surface area contributed by atoms with Gasteiger partial charge in [-0.05, 0) is 25.1 Å². The Morgan fingerprint density at radius 2 is 2.17 bits per heavy atom. The Hall–Kier alpha value is -2.25. The Morgan fingerprint density at radius 3 is 2.87 bits per heavy atom. The van der Waals surface area contributed by atoms with Crippen LogP contribution in [-0.4, -0.2) is 46.6 Å². The maximum atomic E-state index is 12.8. The fraction of sp³-hybridized carbons (Fsp3) is 0.312. The number of aromatic carboxylic acids is 1. The van der Waals surface area contributed by atoms with E-state index in [2.05, 4.69) is 4.98 Å². The molecule has 1 aliphatic heterocycles. The van der Waals surface area contributed by atoms with Crippen molar-refractivity contribution in [1.82, 2.24) is 9.88 Å². The predicted octanol–water partition coefficient (Wildman–Crippen LogP) is 2.36. The standard InChI is InChI=1S/C16H16N2O4S/c1-10-9-23-14(17-10)13-8-22-6-5-18(13)15(19)11-3-2-4-12(7-11)16(20)21/h2-4,7,9,13H,5-6,8H2,1H3,(H,20,21). The van der Waals surface area contributed by atoms with Gasteiger partial charge < -0.3 is 14.7 Å². The number of aryl methyl sites for hydroxylation is 1. The summed E-state index contributed by atoms with van der Waals surface area (Å²) in [6.45, 7) is 3.23. The molecule has 1 unspecified atom stereocenters. The minimum atomic E-state index is -1.05. The first-order valence-corrected chi connectivity index (χ1v) is 8.08. The highest BCUT2D eigenvalue weighted by Gasteiger charge is 2.31. The summed E-state index contributed by atoms with van der Waals surface area (Å²) < 4.78 is 5.50. The minimum Gasteiger partial charge on any atom is -0.478 e. The highest BCUT2D eigenvalue weighted by Crippen LogP contribution is 2.28. The first-order valence-electron chi connectivity index (χ1n) is 7.20. The van der Waals surface area contributed by atoms with E-state index in [1.807, 2.05) is 12.3 Å². The van der Waals surface area contributed by atoms with E-state index in [1.54, 1.807) is 17.0 Å². The monoisotopic (exact) mass is 332 g/mol. The number of amides is 1. The molecule has 0 bridgehead atoms. The number of nitrogens with zero attached hydrogens (tertiary/aromatic N) is 2. The third kappa shape index (κ3) is 3.25. The van der Waals surface area contributed by atoms with Crippen molar-refractivity contribution in [3.63, 3.8) is 0 Å². The average Bonchev–Trinajstić information content (AvgIpc) is 3.00. The van der Waals surface area contributed by atoms with Crippen LogP contribution in [0.5, 0.6) is 0 Å². The van der Waals surface area contributed by atoms with Crippen molar-refractivity contribution in [2.45, 2.75) is 13.0 Å². The number of hydrogen-bond donors (Lipinski definition) is 1. The largest absolute Gasteiger partial charge is 0.478 e. The summed E-state index contributed by atoms with van der Waals surface area (Å²) in [7, 11) is 0. The Balaban J connectivity index is 1.89. The third-order valence-corrected chi connectivity index (χ3v) is 4.73. The molecule has 0 aliphatic carbocycles. The van der Waals surface area contributed by atoms with Crippen LogP contribution in [0, 0.1) is 6.92 Å². The fourth-order valence-corrected chi connectivity index (χ4v) is 3.42. The molecule has 0 radical (unpaired) electrons. The summed E-state index contributed by atoms with van der Waals surface area (Å²) in [6.07, 6.45) is 0. The van der Waals surface area contributed by atoms with Gasteiger partial charge in [-0.25, -0.2) is 9.78 Å². The van der Waals surface area contributed by atoms with Crippen LogP contribution in [-0.2, 0) is 4.74 Å². The first-order chi connectivity index (χ1) is 11.1. The Kier molecular flexibility index (Phi) is 4.40. The molecule has 23 heavy (non-hydrogen) atoms. The molecule has 6 nitrogen and oxygen atoms in total. The molecule has 1 aliphatic rings. The van der Waals surface area contributed by atoms with Gasteiger partial charge in [-0.15, -0.1) is 11.3 Å². The average molecular weight is 332 g/mol. The van der Waals surface area contributed by atoms with Gasteiger partial charge >= 0.3 is 5.97 Å². The van der Waals surface area contributed by atoms with Crippen molar-refractivity contribution in [1.29, 1.82) is 0 Å². The molecule has 1 aromatic heterocycles. The zero-order chi connectivity index (χ0) is 16.4. The molecule has 3 rings (SSSR count). The molecule has 0 saturated carbocycles. The molecule has 1 fully saturated rings. The van der Waals surface area contributed by atoms with Crippen molar-refractivity contribution in [2.75, 3.05) is 19.8 Å². The van der Waals surface area contributed by atoms with E-state index in [9.17, 15) is 9.59 Å². The Bertz CT molecular complexity index is 743. The second-order valence-electron chi connectivity index (χ2n) is 5.30. The van der Waals surface area contributed by atoms with Crippen LogP contribution >= 0.6 is 11.3 Å². The van der Waals surface area contributed by atoms with Gasteiger partial charge in [-0.3, -0.25) is 4.79 Å². The number of hydrogen-bond acceptors (Lipinski definition) is 5. The molecular weight excluding hydrogens is 316 g/mol. The van der Waals surface area contributed by atoms with Crippen LogP contribution in [0.25, 0.3) is 0 Å². The number of carboxylic acid groups (broad SMARTS) is 1. The molecule has 120 valence electrons. The second kappa shape index (κ2) is 6.47. The van der Waals surface area contributed by atoms with E-state index in [-0.39, 0.29) is 17.5 Å². The zero-order valence-corrected chi connectivity index (χ0v) is 13.4. The first kappa shape index (κ1) is 15.6. The number of aromatic nitrogens is 1. The Labute approximate surface area is 137 Å². The molecule has 1 amide bonds. The second-order valence-corrected chi connectivity index (χ2v) is 6.19. The van der Waals surface area contributed by atoms with Gasteiger partial charge in [0, 0.05) is 23.2 Å². The number of ether oxygens (including phenoxy) is 1. The fourth-order valence-electron chi connectivity index (χ4n) is 2.53. The van der Waals surface area contributed by atoms with Crippen molar-refractivity contribution in [2.24, 2.45) is 0 Å². The molecule has 7 heteroatoms. The van der Waals surface area contributed by atoms with E-state index in [1.165, 1.54) is 23.5 Å². The van der Waals surface area contributed by atoms with Crippen LogP contribution in [0.1, 0.15) is 37.5 Å². The quantitative estimate of drug-likeness (QED) is 0.933. The van der Waals surface area contributed by atoms with Gasteiger partial charge in [-0.2, -0.15) is 0 Å². The topological polar surface area (TPSA) is 79.7 Å². The van der Waals surface area contributed by atoms with Crippen molar-refractivity contribution in [3.8, 4) is 0 Å².